The second-order valence-electron chi connectivity index (χ2n) is 3.95. The summed E-state index contributed by atoms with van der Waals surface area (Å²) >= 11 is 5.29. The molecule has 0 atom stereocenters. The van der Waals surface area contributed by atoms with Gasteiger partial charge in [0, 0.05) is 10.4 Å². The fraction of sp³-hybridized carbons (Fsp3) is 0.600. The third-order valence-electron chi connectivity index (χ3n) is 2.75. The highest BCUT2D eigenvalue weighted by Crippen LogP contribution is 2.33. The lowest BCUT2D eigenvalue weighted by molar-refractivity contribution is 0.439. The van der Waals surface area contributed by atoms with E-state index in [0.29, 0.717) is 0 Å². The van der Waals surface area contributed by atoms with Gasteiger partial charge in [-0.3, -0.25) is 0 Å². The summed E-state index contributed by atoms with van der Waals surface area (Å²) in [5.41, 5.74) is 6.39. The molecule has 0 aliphatic heterocycles. The quantitative estimate of drug-likeness (QED) is 0.867. The zero-order valence-electron chi connectivity index (χ0n) is 7.55. The Kier molecular flexibility index (Phi) is 2.77. The van der Waals surface area contributed by atoms with Crippen molar-refractivity contribution in [3.05, 3.63) is 20.8 Å². The Balaban J connectivity index is 2.04. The molecule has 0 saturated heterocycles. The van der Waals surface area contributed by atoms with Crippen LogP contribution in [-0.2, 0) is 6.42 Å². The highest BCUT2D eigenvalue weighted by atomic mass is 79.9. The molecule has 1 fully saturated rings. The highest BCUT2D eigenvalue weighted by Gasteiger charge is 2.29. The summed E-state index contributed by atoms with van der Waals surface area (Å²) in [7, 11) is 0. The Bertz CT molecular complexity index is 289. The SMILES string of the molecule is NC1(Cc2ccc(Br)s2)CCCC1. The van der Waals surface area contributed by atoms with Crippen molar-refractivity contribution in [3.8, 4) is 0 Å². The lowest BCUT2D eigenvalue weighted by Gasteiger charge is -2.22. The average molecular weight is 260 g/mol. The molecule has 1 heterocycles. The minimum atomic E-state index is 0.101. The van der Waals surface area contributed by atoms with Crippen molar-refractivity contribution in [1.29, 1.82) is 0 Å². The molecule has 0 unspecified atom stereocenters. The normalized spacial score (nSPS) is 20.8. The van der Waals surface area contributed by atoms with E-state index in [1.54, 1.807) is 0 Å². The molecule has 1 aliphatic rings. The molecular weight excluding hydrogens is 246 g/mol. The Morgan fingerprint density at radius 3 is 2.62 bits per heavy atom. The van der Waals surface area contributed by atoms with Crippen LogP contribution in [0.4, 0.5) is 0 Å². The summed E-state index contributed by atoms with van der Waals surface area (Å²) in [6, 6.07) is 4.29. The van der Waals surface area contributed by atoms with Crippen LogP contribution in [0.2, 0.25) is 0 Å². The molecule has 2 N–H and O–H groups in total. The van der Waals surface area contributed by atoms with E-state index in [1.807, 2.05) is 11.3 Å². The molecule has 72 valence electrons. The number of hydrogen-bond donors (Lipinski definition) is 1. The predicted octanol–water partition coefficient (Wildman–Crippen LogP) is 3.32. The molecule has 0 bridgehead atoms. The van der Waals surface area contributed by atoms with E-state index in [-0.39, 0.29) is 5.54 Å². The maximum atomic E-state index is 6.29. The Labute approximate surface area is 91.5 Å². The van der Waals surface area contributed by atoms with Gasteiger partial charge in [0.05, 0.1) is 3.79 Å². The monoisotopic (exact) mass is 259 g/mol. The van der Waals surface area contributed by atoms with Gasteiger partial charge in [-0.25, -0.2) is 0 Å². The van der Waals surface area contributed by atoms with Gasteiger partial charge < -0.3 is 5.73 Å². The first-order valence-electron chi connectivity index (χ1n) is 4.71. The molecule has 2 rings (SSSR count). The molecular formula is C10H14BrNS. The molecule has 1 aliphatic carbocycles. The highest BCUT2D eigenvalue weighted by molar-refractivity contribution is 9.11. The lowest BCUT2D eigenvalue weighted by Crippen LogP contribution is -2.38. The van der Waals surface area contributed by atoms with Gasteiger partial charge in [-0.2, -0.15) is 0 Å². The molecule has 1 saturated carbocycles. The van der Waals surface area contributed by atoms with Gasteiger partial charge in [-0.05, 0) is 47.3 Å². The van der Waals surface area contributed by atoms with Crippen LogP contribution in [0.3, 0.4) is 0 Å². The summed E-state index contributed by atoms with van der Waals surface area (Å²) in [6.07, 6.45) is 6.07. The largest absolute Gasteiger partial charge is 0.325 e. The summed E-state index contributed by atoms with van der Waals surface area (Å²) < 4.78 is 1.21. The van der Waals surface area contributed by atoms with Crippen LogP contribution in [0.25, 0.3) is 0 Å². The number of halogens is 1. The molecule has 1 aromatic heterocycles. The molecule has 0 radical (unpaired) electrons. The van der Waals surface area contributed by atoms with E-state index in [0.717, 1.165) is 6.42 Å². The summed E-state index contributed by atoms with van der Waals surface area (Å²) in [6.45, 7) is 0. The zero-order chi connectivity index (χ0) is 9.31. The standard InChI is InChI=1S/C10H14BrNS/c11-9-4-3-8(13-9)7-10(12)5-1-2-6-10/h3-4H,1-2,5-7,12H2. The topological polar surface area (TPSA) is 26.0 Å². The zero-order valence-corrected chi connectivity index (χ0v) is 9.96. The maximum Gasteiger partial charge on any atom is 0.0701 e. The van der Waals surface area contributed by atoms with E-state index < -0.39 is 0 Å². The van der Waals surface area contributed by atoms with E-state index in [4.69, 9.17) is 5.73 Å². The van der Waals surface area contributed by atoms with E-state index >= 15 is 0 Å². The van der Waals surface area contributed by atoms with Crippen LogP contribution in [0.5, 0.6) is 0 Å². The fourth-order valence-corrected chi connectivity index (χ4v) is 3.69. The third kappa shape index (κ3) is 2.33. The predicted molar refractivity (Wildman–Crippen MR) is 61.1 cm³/mol. The average Bonchev–Trinajstić information content (AvgIpc) is 2.62. The smallest absolute Gasteiger partial charge is 0.0701 e. The molecule has 1 nitrogen and oxygen atoms in total. The first kappa shape index (κ1) is 9.69. The molecule has 13 heavy (non-hydrogen) atoms. The molecule has 0 spiro atoms. The number of rotatable bonds is 2. The Morgan fingerprint density at radius 2 is 2.08 bits per heavy atom. The van der Waals surface area contributed by atoms with Crippen molar-refractivity contribution >= 4 is 27.3 Å². The van der Waals surface area contributed by atoms with Crippen LogP contribution in [0.1, 0.15) is 30.6 Å². The van der Waals surface area contributed by atoms with Crippen LogP contribution in [0.15, 0.2) is 15.9 Å². The second kappa shape index (κ2) is 3.71. The van der Waals surface area contributed by atoms with E-state index in [1.165, 1.54) is 34.3 Å². The van der Waals surface area contributed by atoms with Gasteiger partial charge in [0.25, 0.3) is 0 Å². The summed E-state index contributed by atoms with van der Waals surface area (Å²) in [5.74, 6) is 0. The number of hydrogen-bond acceptors (Lipinski definition) is 2. The number of thiophene rings is 1. The lowest BCUT2D eigenvalue weighted by atomic mass is 9.94. The van der Waals surface area contributed by atoms with Gasteiger partial charge in [0.15, 0.2) is 0 Å². The molecule has 0 aromatic carbocycles. The van der Waals surface area contributed by atoms with Crippen LogP contribution in [0, 0.1) is 0 Å². The van der Waals surface area contributed by atoms with Gasteiger partial charge in [-0.15, -0.1) is 11.3 Å². The van der Waals surface area contributed by atoms with Crippen molar-refractivity contribution < 1.29 is 0 Å². The summed E-state index contributed by atoms with van der Waals surface area (Å²) in [5, 5.41) is 0. The van der Waals surface area contributed by atoms with Crippen molar-refractivity contribution in [2.24, 2.45) is 5.73 Å². The maximum absolute atomic E-state index is 6.29. The third-order valence-corrected chi connectivity index (χ3v) is 4.38. The first-order chi connectivity index (χ1) is 6.18. The Morgan fingerprint density at radius 1 is 1.38 bits per heavy atom. The Hall–Kier alpha value is 0.140. The van der Waals surface area contributed by atoms with Gasteiger partial charge >= 0.3 is 0 Å². The van der Waals surface area contributed by atoms with E-state index in [9.17, 15) is 0 Å². The van der Waals surface area contributed by atoms with Crippen LogP contribution < -0.4 is 5.73 Å². The van der Waals surface area contributed by atoms with Crippen LogP contribution >= 0.6 is 27.3 Å². The first-order valence-corrected chi connectivity index (χ1v) is 6.32. The summed E-state index contributed by atoms with van der Waals surface area (Å²) in [4.78, 5) is 1.41. The van der Waals surface area contributed by atoms with Crippen molar-refractivity contribution in [1.82, 2.24) is 0 Å². The van der Waals surface area contributed by atoms with Gasteiger partial charge in [0.1, 0.15) is 0 Å². The van der Waals surface area contributed by atoms with Crippen LogP contribution in [-0.4, -0.2) is 5.54 Å². The van der Waals surface area contributed by atoms with E-state index in [2.05, 4.69) is 28.1 Å². The molecule has 1 aromatic rings. The molecule has 3 heteroatoms. The van der Waals surface area contributed by atoms with Crippen molar-refractivity contribution in [3.63, 3.8) is 0 Å². The minimum absolute atomic E-state index is 0.101. The van der Waals surface area contributed by atoms with Crippen molar-refractivity contribution in [2.45, 2.75) is 37.6 Å². The fourth-order valence-electron chi connectivity index (χ4n) is 2.05. The number of nitrogens with two attached hydrogens (primary N) is 1. The molecule has 0 amide bonds. The van der Waals surface area contributed by atoms with Gasteiger partial charge in [-0.1, -0.05) is 12.8 Å². The minimum Gasteiger partial charge on any atom is -0.325 e. The second-order valence-corrected chi connectivity index (χ2v) is 6.50. The van der Waals surface area contributed by atoms with Crippen molar-refractivity contribution in [2.75, 3.05) is 0 Å². The van der Waals surface area contributed by atoms with Gasteiger partial charge in [0.2, 0.25) is 0 Å².